The second-order valence-electron chi connectivity index (χ2n) is 8.37. The fraction of sp³-hybridized carbons (Fsp3) is 0.273. The highest BCUT2D eigenvalue weighted by molar-refractivity contribution is 14.2. The summed E-state index contributed by atoms with van der Waals surface area (Å²) in [4.78, 5) is 9.16. The van der Waals surface area contributed by atoms with Gasteiger partial charge in [-0.1, -0.05) is 46.5 Å². The quantitative estimate of drug-likeness (QED) is 0.227. The Balaban J connectivity index is 1.82. The highest BCUT2D eigenvalue weighted by atomic mass is 127. The van der Waals surface area contributed by atoms with Gasteiger partial charge in [0.25, 0.3) is 0 Å². The highest BCUT2D eigenvalue weighted by Crippen LogP contribution is 2.28. The normalized spacial score (nSPS) is 12.3. The number of rotatable bonds is 8. The van der Waals surface area contributed by atoms with Gasteiger partial charge in [-0.3, -0.25) is 0 Å². The van der Waals surface area contributed by atoms with Crippen LogP contribution in [0.4, 0.5) is 23.1 Å². The molecule has 7 nitrogen and oxygen atoms in total. The molecule has 1 unspecified atom stereocenters. The smallest absolute Gasteiger partial charge is 0.241 e. The van der Waals surface area contributed by atoms with E-state index in [9.17, 15) is 8.42 Å². The van der Waals surface area contributed by atoms with Crippen LogP contribution < -0.4 is 15.4 Å². The summed E-state index contributed by atoms with van der Waals surface area (Å²) in [6.07, 6.45) is 3.58. The summed E-state index contributed by atoms with van der Waals surface area (Å²) >= 11 is 2.39. The third kappa shape index (κ3) is 7.10. The maximum Gasteiger partial charge on any atom is 0.241 e. The lowest BCUT2D eigenvalue weighted by molar-refractivity contribution is 0.491. The van der Waals surface area contributed by atoms with E-state index in [0.29, 0.717) is 17.5 Å². The molecule has 0 amide bonds. The number of hydrogen-bond donors (Lipinski definition) is 3. The average Bonchev–Trinajstić information content (AvgIpc) is 2.70. The summed E-state index contributed by atoms with van der Waals surface area (Å²) in [5, 5.41) is 6.47. The van der Waals surface area contributed by atoms with E-state index in [1.807, 2.05) is 39.8 Å². The molecule has 170 valence electrons. The van der Waals surface area contributed by atoms with E-state index in [4.69, 9.17) is 0 Å². The maximum absolute atomic E-state index is 12.7. The molecule has 3 rings (SSSR count). The van der Waals surface area contributed by atoms with Gasteiger partial charge in [-0.05, 0) is 69.8 Å². The second-order valence-corrected chi connectivity index (χ2v) is 13.0. The molecule has 2 aromatic carbocycles. The molecule has 0 aliphatic carbocycles. The molecule has 0 saturated heterocycles. The van der Waals surface area contributed by atoms with E-state index in [-0.39, 0.29) is 4.90 Å². The number of aromatic nitrogens is 2. The van der Waals surface area contributed by atoms with Crippen LogP contribution in [0.5, 0.6) is 0 Å². The molecule has 1 heterocycles. The van der Waals surface area contributed by atoms with Crippen LogP contribution in [-0.4, -0.2) is 23.9 Å². The zero-order chi connectivity index (χ0) is 23.4. The third-order valence-corrected chi connectivity index (χ3v) is 7.72. The topological polar surface area (TPSA) is 96.0 Å². The van der Waals surface area contributed by atoms with Crippen LogP contribution in [0.1, 0.15) is 31.9 Å². The van der Waals surface area contributed by atoms with Gasteiger partial charge in [0.1, 0.15) is 5.82 Å². The van der Waals surface area contributed by atoms with E-state index >= 15 is 0 Å². The van der Waals surface area contributed by atoms with Crippen LogP contribution in [0.25, 0.3) is 0 Å². The Morgan fingerprint density at radius 1 is 1.03 bits per heavy atom. The highest BCUT2D eigenvalue weighted by Gasteiger charge is 2.22. The van der Waals surface area contributed by atoms with Gasteiger partial charge < -0.3 is 10.6 Å². The van der Waals surface area contributed by atoms with Crippen molar-refractivity contribution >= 4 is 61.4 Å². The SMILES string of the molecule is Cc1cnc(Nc2cccc(CPI)c2)nc1Nc1cccc(S(=O)(=O)NC(C)(C)C)c1. The number of aryl methyl sites for hydroxylation is 1. The van der Waals surface area contributed by atoms with Crippen molar-refractivity contribution in [3.63, 3.8) is 0 Å². The molecule has 0 aliphatic rings. The van der Waals surface area contributed by atoms with Crippen LogP contribution in [0.2, 0.25) is 0 Å². The number of halogens is 1. The van der Waals surface area contributed by atoms with Crippen molar-refractivity contribution in [3.05, 3.63) is 65.9 Å². The van der Waals surface area contributed by atoms with Crippen molar-refractivity contribution in [2.75, 3.05) is 10.6 Å². The van der Waals surface area contributed by atoms with Gasteiger partial charge in [0, 0.05) is 28.7 Å². The lowest BCUT2D eigenvalue weighted by Gasteiger charge is -2.20. The molecule has 3 N–H and O–H groups in total. The van der Waals surface area contributed by atoms with Gasteiger partial charge in [0.05, 0.1) is 4.90 Å². The Bertz CT molecular complexity index is 1200. The molecule has 1 atom stereocenters. The zero-order valence-electron chi connectivity index (χ0n) is 18.4. The van der Waals surface area contributed by atoms with Crippen molar-refractivity contribution in [2.45, 2.75) is 44.3 Å². The first-order chi connectivity index (χ1) is 15.1. The van der Waals surface area contributed by atoms with Gasteiger partial charge in [0.2, 0.25) is 16.0 Å². The van der Waals surface area contributed by atoms with Crippen molar-refractivity contribution in [3.8, 4) is 0 Å². The van der Waals surface area contributed by atoms with Gasteiger partial charge in [-0.25, -0.2) is 18.1 Å². The first-order valence-corrected chi connectivity index (χ1v) is 15.8. The standard InChI is InChI=1S/C22H27IN5O2PS/c1-15-13-24-21(26-17-8-5-7-16(11-17)14-31-23)27-20(15)25-18-9-6-10-19(12-18)32(29,30)28-22(2,3)4/h5-13,28,31H,14H2,1-4H3,(H2,24,25,26,27). The minimum Gasteiger partial charge on any atom is -0.340 e. The molecule has 0 spiro atoms. The van der Waals surface area contributed by atoms with Gasteiger partial charge >= 0.3 is 0 Å². The Morgan fingerprint density at radius 3 is 2.41 bits per heavy atom. The Kier molecular flexibility index (Phi) is 8.08. The number of nitrogens with one attached hydrogen (secondary N) is 3. The minimum atomic E-state index is -3.64. The predicted molar refractivity (Wildman–Crippen MR) is 142 cm³/mol. The molecule has 3 aromatic rings. The molecule has 0 bridgehead atoms. The number of anilines is 4. The van der Waals surface area contributed by atoms with E-state index in [2.05, 4.69) is 59.5 Å². The van der Waals surface area contributed by atoms with E-state index in [0.717, 1.165) is 23.6 Å². The first kappa shape index (κ1) is 24.8. The van der Waals surface area contributed by atoms with E-state index < -0.39 is 15.6 Å². The molecule has 10 heteroatoms. The van der Waals surface area contributed by atoms with Gasteiger partial charge in [0.15, 0.2) is 0 Å². The number of benzene rings is 2. The van der Waals surface area contributed by atoms with Gasteiger partial charge in [-0.15, -0.1) is 0 Å². The lowest BCUT2D eigenvalue weighted by atomic mass is 10.1. The Labute approximate surface area is 204 Å². The summed E-state index contributed by atoms with van der Waals surface area (Å²) in [5.74, 6) is 1.07. The summed E-state index contributed by atoms with van der Waals surface area (Å²) in [5.41, 5.74) is 3.08. The largest absolute Gasteiger partial charge is 0.340 e. The summed E-state index contributed by atoms with van der Waals surface area (Å²) in [6, 6.07) is 14.9. The molecule has 32 heavy (non-hydrogen) atoms. The molecular formula is C22H27IN5O2PS. The first-order valence-electron chi connectivity index (χ1n) is 10.00. The van der Waals surface area contributed by atoms with Crippen LogP contribution in [0.15, 0.2) is 59.6 Å². The average molecular weight is 583 g/mol. The maximum atomic E-state index is 12.7. The van der Waals surface area contributed by atoms with E-state index in [1.54, 1.807) is 30.5 Å². The molecule has 0 radical (unpaired) electrons. The van der Waals surface area contributed by atoms with Crippen LogP contribution in [0.3, 0.4) is 0 Å². The zero-order valence-corrected chi connectivity index (χ0v) is 22.4. The minimum absolute atomic E-state index is 0.190. The van der Waals surface area contributed by atoms with Crippen LogP contribution in [0, 0.1) is 6.92 Å². The van der Waals surface area contributed by atoms with Gasteiger partial charge in [-0.2, -0.15) is 4.98 Å². The Hall–Kier alpha value is -1.81. The van der Waals surface area contributed by atoms with Crippen molar-refractivity contribution in [1.29, 1.82) is 0 Å². The molecule has 0 aliphatic heterocycles. The fourth-order valence-corrected chi connectivity index (χ4v) is 6.09. The Morgan fingerprint density at radius 2 is 1.72 bits per heavy atom. The predicted octanol–water partition coefficient (Wildman–Crippen LogP) is 5.88. The number of nitrogens with zero attached hydrogens (tertiary/aromatic N) is 2. The molecular weight excluding hydrogens is 556 g/mol. The fourth-order valence-electron chi connectivity index (χ4n) is 2.93. The van der Waals surface area contributed by atoms with Crippen molar-refractivity contribution in [2.24, 2.45) is 0 Å². The lowest BCUT2D eigenvalue weighted by Crippen LogP contribution is -2.40. The van der Waals surface area contributed by atoms with Crippen LogP contribution >= 0.6 is 28.3 Å². The monoisotopic (exact) mass is 583 g/mol. The second kappa shape index (κ2) is 10.4. The molecule has 1 aromatic heterocycles. The summed E-state index contributed by atoms with van der Waals surface area (Å²) in [6.45, 7) is 7.33. The van der Waals surface area contributed by atoms with Crippen molar-refractivity contribution in [1.82, 2.24) is 14.7 Å². The summed E-state index contributed by atoms with van der Waals surface area (Å²) < 4.78 is 28.0. The van der Waals surface area contributed by atoms with Crippen molar-refractivity contribution < 1.29 is 8.42 Å². The number of hydrogen-bond acceptors (Lipinski definition) is 6. The van der Waals surface area contributed by atoms with Crippen LogP contribution in [-0.2, 0) is 16.2 Å². The molecule has 0 fully saturated rings. The van der Waals surface area contributed by atoms with E-state index in [1.165, 1.54) is 5.56 Å². The third-order valence-electron chi connectivity index (χ3n) is 4.27. The summed E-state index contributed by atoms with van der Waals surface area (Å²) in [7, 11) is -3.64. The molecule has 0 saturated carbocycles. The number of sulfonamides is 1.